The van der Waals surface area contributed by atoms with Crippen molar-refractivity contribution in [1.29, 1.82) is 0 Å². The zero-order valence-corrected chi connectivity index (χ0v) is 11.7. The fourth-order valence-electron chi connectivity index (χ4n) is 2.01. The lowest BCUT2D eigenvalue weighted by atomic mass is 10.0. The highest BCUT2D eigenvalue weighted by Crippen LogP contribution is 2.16. The maximum Gasteiger partial charge on any atom is 0.119 e. The molecule has 0 aromatic heterocycles. The average Bonchev–Trinajstić information content (AvgIpc) is 2.36. The van der Waals surface area contributed by atoms with Crippen LogP contribution in [-0.4, -0.2) is 18.3 Å². The number of aliphatic hydroxyl groups excluding tert-OH is 1. The second-order valence-corrected chi connectivity index (χ2v) is 5.21. The molecule has 1 aromatic rings. The summed E-state index contributed by atoms with van der Waals surface area (Å²) in [7, 11) is 0. The SMILES string of the molecule is CC(C)CCCCCc1cccc(OCCO)c1. The second-order valence-electron chi connectivity index (χ2n) is 5.21. The smallest absolute Gasteiger partial charge is 0.119 e. The molecule has 0 bridgehead atoms. The predicted molar refractivity (Wildman–Crippen MR) is 76.0 cm³/mol. The molecule has 2 nitrogen and oxygen atoms in total. The first-order valence-corrected chi connectivity index (χ1v) is 7.05. The van der Waals surface area contributed by atoms with Gasteiger partial charge in [0.05, 0.1) is 6.61 Å². The molecule has 0 radical (unpaired) electrons. The minimum Gasteiger partial charge on any atom is -0.491 e. The first-order chi connectivity index (χ1) is 8.72. The number of benzene rings is 1. The van der Waals surface area contributed by atoms with Gasteiger partial charge in [-0.2, -0.15) is 0 Å². The average molecular weight is 250 g/mol. The lowest BCUT2D eigenvalue weighted by molar-refractivity contribution is 0.201. The molecule has 2 heteroatoms. The molecule has 0 fully saturated rings. The molecule has 1 N–H and O–H groups in total. The normalized spacial score (nSPS) is 10.9. The lowest BCUT2D eigenvalue weighted by Crippen LogP contribution is -2.01. The summed E-state index contributed by atoms with van der Waals surface area (Å²) in [6.45, 7) is 5.00. The first kappa shape index (κ1) is 15.0. The summed E-state index contributed by atoms with van der Waals surface area (Å²) >= 11 is 0. The Morgan fingerprint density at radius 2 is 2.00 bits per heavy atom. The molecule has 0 spiro atoms. The molecule has 0 heterocycles. The van der Waals surface area contributed by atoms with Crippen LogP contribution in [0, 0.1) is 5.92 Å². The zero-order chi connectivity index (χ0) is 13.2. The van der Waals surface area contributed by atoms with Crippen LogP contribution in [0.5, 0.6) is 5.75 Å². The van der Waals surface area contributed by atoms with Crippen LogP contribution < -0.4 is 4.74 Å². The van der Waals surface area contributed by atoms with Crippen molar-refractivity contribution < 1.29 is 9.84 Å². The second kappa shape index (κ2) is 8.98. The topological polar surface area (TPSA) is 29.5 Å². The van der Waals surface area contributed by atoms with Gasteiger partial charge in [0.2, 0.25) is 0 Å². The van der Waals surface area contributed by atoms with E-state index < -0.39 is 0 Å². The minimum absolute atomic E-state index is 0.0689. The third-order valence-corrected chi connectivity index (χ3v) is 3.01. The Morgan fingerprint density at radius 1 is 1.17 bits per heavy atom. The zero-order valence-electron chi connectivity index (χ0n) is 11.7. The van der Waals surface area contributed by atoms with Crippen LogP contribution in [0.15, 0.2) is 24.3 Å². The molecule has 0 saturated carbocycles. The fourth-order valence-corrected chi connectivity index (χ4v) is 2.01. The van der Waals surface area contributed by atoms with Crippen LogP contribution >= 0.6 is 0 Å². The van der Waals surface area contributed by atoms with E-state index >= 15 is 0 Å². The van der Waals surface area contributed by atoms with E-state index in [1.54, 1.807) is 0 Å². The van der Waals surface area contributed by atoms with Gasteiger partial charge < -0.3 is 9.84 Å². The third-order valence-electron chi connectivity index (χ3n) is 3.01. The van der Waals surface area contributed by atoms with Crippen molar-refractivity contribution in [2.24, 2.45) is 5.92 Å². The fraction of sp³-hybridized carbons (Fsp3) is 0.625. The molecule has 0 aliphatic rings. The van der Waals surface area contributed by atoms with Crippen molar-refractivity contribution in [2.45, 2.75) is 46.0 Å². The Hall–Kier alpha value is -1.02. The van der Waals surface area contributed by atoms with Crippen molar-refractivity contribution in [3.05, 3.63) is 29.8 Å². The van der Waals surface area contributed by atoms with Crippen LogP contribution in [0.1, 0.15) is 45.1 Å². The summed E-state index contributed by atoms with van der Waals surface area (Å²) in [5, 5.41) is 8.72. The van der Waals surface area contributed by atoms with Crippen molar-refractivity contribution in [2.75, 3.05) is 13.2 Å². The molecule has 0 amide bonds. The van der Waals surface area contributed by atoms with E-state index in [0.29, 0.717) is 6.61 Å². The summed E-state index contributed by atoms with van der Waals surface area (Å²) < 4.78 is 5.40. The van der Waals surface area contributed by atoms with Crippen LogP contribution in [0.4, 0.5) is 0 Å². The monoisotopic (exact) mass is 250 g/mol. The molecule has 1 rings (SSSR count). The van der Waals surface area contributed by atoms with E-state index in [9.17, 15) is 0 Å². The maximum absolute atomic E-state index is 8.72. The molecule has 18 heavy (non-hydrogen) atoms. The maximum atomic E-state index is 8.72. The van der Waals surface area contributed by atoms with E-state index in [1.165, 1.54) is 31.2 Å². The highest BCUT2D eigenvalue weighted by Gasteiger charge is 1.98. The Kier molecular flexibility index (Phi) is 7.51. The molecule has 0 saturated heterocycles. The van der Waals surface area contributed by atoms with Gasteiger partial charge in [-0.25, -0.2) is 0 Å². The molecular weight excluding hydrogens is 224 g/mol. The summed E-state index contributed by atoms with van der Waals surface area (Å²) in [6, 6.07) is 8.19. The summed E-state index contributed by atoms with van der Waals surface area (Å²) in [6.07, 6.45) is 6.34. The number of ether oxygens (including phenoxy) is 1. The van der Waals surface area contributed by atoms with E-state index in [1.807, 2.05) is 12.1 Å². The van der Waals surface area contributed by atoms with E-state index in [2.05, 4.69) is 26.0 Å². The van der Waals surface area contributed by atoms with Crippen LogP contribution in [-0.2, 0) is 6.42 Å². The van der Waals surface area contributed by atoms with Crippen LogP contribution in [0.25, 0.3) is 0 Å². The van der Waals surface area contributed by atoms with Gasteiger partial charge in [-0.15, -0.1) is 0 Å². The molecule has 0 aliphatic heterocycles. The number of aliphatic hydroxyl groups is 1. The molecule has 0 unspecified atom stereocenters. The van der Waals surface area contributed by atoms with Crippen molar-refractivity contribution in [1.82, 2.24) is 0 Å². The molecular formula is C16H26O2. The van der Waals surface area contributed by atoms with E-state index in [0.717, 1.165) is 18.1 Å². The Balaban J connectivity index is 2.24. The number of rotatable bonds is 9. The standard InChI is InChI=1S/C16H26O2/c1-14(2)7-4-3-5-8-15-9-6-10-16(13-15)18-12-11-17/h6,9-10,13-14,17H,3-5,7-8,11-12H2,1-2H3. The summed E-state index contributed by atoms with van der Waals surface area (Å²) in [4.78, 5) is 0. The minimum atomic E-state index is 0.0689. The largest absolute Gasteiger partial charge is 0.491 e. The molecule has 102 valence electrons. The Bertz CT molecular complexity index is 321. The van der Waals surface area contributed by atoms with Gasteiger partial charge in [0, 0.05) is 0 Å². The first-order valence-electron chi connectivity index (χ1n) is 7.05. The highest BCUT2D eigenvalue weighted by atomic mass is 16.5. The van der Waals surface area contributed by atoms with E-state index in [-0.39, 0.29) is 6.61 Å². The van der Waals surface area contributed by atoms with Crippen molar-refractivity contribution >= 4 is 0 Å². The van der Waals surface area contributed by atoms with Crippen LogP contribution in [0.2, 0.25) is 0 Å². The number of unbranched alkanes of at least 4 members (excludes halogenated alkanes) is 2. The predicted octanol–water partition coefficient (Wildman–Crippen LogP) is 3.82. The summed E-state index contributed by atoms with van der Waals surface area (Å²) in [5.74, 6) is 1.68. The lowest BCUT2D eigenvalue weighted by Gasteiger charge is -2.07. The number of hydrogen-bond acceptors (Lipinski definition) is 2. The third kappa shape index (κ3) is 6.65. The molecule has 0 atom stereocenters. The molecule has 1 aromatic carbocycles. The van der Waals surface area contributed by atoms with Gasteiger partial charge in [0.15, 0.2) is 0 Å². The van der Waals surface area contributed by atoms with Gasteiger partial charge in [0.25, 0.3) is 0 Å². The van der Waals surface area contributed by atoms with Gasteiger partial charge in [-0.1, -0.05) is 45.2 Å². The number of aryl methyl sites for hydroxylation is 1. The van der Waals surface area contributed by atoms with Crippen LogP contribution in [0.3, 0.4) is 0 Å². The molecule has 0 aliphatic carbocycles. The van der Waals surface area contributed by atoms with Crippen molar-refractivity contribution in [3.8, 4) is 5.75 Å². The Labute approximate surface area is 111 Å². The Morgan fingerprint density at radius 3 is 2.72 bits per heavy atom. The van der Waals surface area contributed by atoms with Gasteiger partial charge in [-0.05, 0) is 36.5 Å². The van der Waals surface area contributed by atoms with Crippen molar-refractivity contribution in [3.63, 3.8) is 0 Å². The highest BCUT2D eigenvalue weighted by molar-refractivity contribution is 5.28. The van der Waals surface area contributed by atoms with Gasteiger partial charge in [0.1, 0.15) is 12.4 Å². The van der Waals surface area contributed by atoms with Gasteiger partial charge >= 0.3 is 0 Å². The number of hydrogen-bond donors (Lipinski definition) is 1. The van der Waals surface area contributed by atoms with Gasteiger partial charge in [-0.3, -0.25) is 0 Å². The summed E-state index contributed by atoms with van der Waals surface area (Å²) in [5.41, 5.74) is 1.33. The van der Waals surface area contributed by atoms with E-state index in [4.69, 9.17) is 9.84 Å². The quantitative estimate of drug-likeness (QED) is 0.675.